The summed E-state index contributed by atoms with van der Waals surface area (Å²) in [5, 5.41) is 8.52. The van der Waals surface area contributed by atoms with Crippen molar-refractivity contribution in [2.45, 2.75) is 108 Å². The number of hydrogen-bond acceptors (Lipinski definition) is 9. The minimum atomic E-state index is -0.658. The van der Waals surface area contributed by atoms with Crippen LogP contribution in [0.4, 0.5) is 15.4 Å². The molecule has 4 heterocycles. The van der Waals surface area contributed by atoms with Gasteiger partial charge < -0.3 is 29.6 Å². The molecule has 0 aromatic carbocycles. The van der Waals surface area contributed by atoms with Gasteiger partial charge in [-0.05, 0) is 32.6 Å². The molecule has 6 rings (SSSR count). The Morgan fingerprint density at radius 3 is 2.62 bits per heavy atom. The van der Waals surface area contributed by atoms with Crippen LogP contribution in [0.1, 0.15) is 77.4 Å². The quantitative estimate of drug-likeness (QED) is 0.498. The number of rotatable bonds is 6. The predicted molar refractivity (Wildman–Crippen MR) is 139 cm³/mol. The number of alkyl carbamates (subject to hydrolysis) is 1. The van der Waals surface area contributed by atoms with Crippen molar-refractivity contribution in [3.8, 4) is 0 Å². The van der Waals surface area contributed by atoms with Crippen LogP contribution < -0.4 is 16.0 Å². The summed E-state index contributed by atoms with van der Waals surface area (Å²) >= 11 is 0. The highest BCUT2D eigenvalue weighted by Gasteiger charge is 2.59. The topological polar surface area (TPSA) is 151 Å². The molecule has 1 spiro atoms. The highest BCUT2D eigenvalue weighted by Crippen LogP contribution is 2.49. The van der Waals surface area contributed by atoms with Crippen LogP contribution in [0.2, 0.25) is 0 Å². The van der Waals surface area contributed by atoms with Crippen LogP contribution in [0.3, 0.4) is 0 Å². The van der Waals surface area contributed by atoms with Crippen molar-refractivity contribution in [1.29, 1.82) is 0 Å². The van der Waals surface area contributed by atoms with Gasteiger partial charge in [0.1, 0.15) is 31.2 Å². The molecule has 0 radical (unpaired) electrons. The number of hydrogen-bond donors (Lipinski definition) is 3. The van der Waals surface area contributed by atoms with Gasteiger partial charge in [0.25, 0.3) is 0 Å². The molecule has 2 aromatic heterocycles. The first-order valence-electron chi connectivity index (χ1n) is 14.2. The van der Waals surface area contributed by atoms with E-state index in [4.69, 9.17) is 18.9 Å². The molecule has 0 bridgehead atoms. The van der Waals surface area contributed by atoms with Crippen LogP contribution in [-0.2, 0) is 18.9 Å². The van der Waals surface area contributed by atoms with Crippen LogP contribution in [0.15, 0.2) is 12.7 Å². The number of nitrogens with zero attached hydrogens (tertiary/aromatic N) is 4. The van der Waals surface area contributed by atoms with Crippen molar-refractivity contribution in [3.05, 3.63) is 12.7 Å². The first kappa shape index (κ1) is 26.2. The molecule has 4 aliphatic rings. The maximum Gasteiger partial charge on any atom is 0.407 e. The highest BCUT2D eigenvalue weighted by atomic mass is 16.8. The number of anilines is 1. The van der Waals surface area contributed by atoms with E-state index in [1.807, 2.05) is 6.92 Å². The molecule has 2 saturated heterocycles. The van der Waals surface area contributed by atoms with Gasteiger partial charge in [0, 0.05) is 25.4 Å². The third kappa shape index (κ3) is 5.39. The summed E-state index contributed by atoms with van der Waals surface area (Å²) in [4.78, 5) is 38.0. The number of ether oxygens (including phenoxy) is 4. The maximum atomic E-state index is 12.7. The smallest absolute Gasteiger partial charge is 0.407 e. The van der Waals surface area contributed by atoms with Gasteiger partial charge in [-0.2, -0.15) is 0 Å². The molecular weight excluding hydrogens is 506 g/mol. The second kappa shape index (κ2) is 11.2. The molecule has 2 aliphatic heterocycles. The van der Waals surface area contributed by atoms with E-state index in [-0.39, 0.29) is 18.7 Å². The highest BCUT2D eigenvalue weighted by molar-refractivity contribution is 5.96. The second-order valence-electron chi connectivity index (χ2n) is 10.8. The number of aromatic nitrogens is 4. The summed E-state index contributed by atoms with van der Waals surface area (Å²) in [5.41, 5.74) is 0.949. The van der Waals surface area contributed by atoms with Gasteiger partial charge in [-0.25, -0.2) is 24.5 Å². The fraction of sp³-hybridized carbons (Fsp3) is 0.731. The van der Waals surface area contributed by atoms with Gasteiger partial charge in [-0.3, -0.25) is 9.88 Å². The van der Waals surface area contributed by atoms with E-state index in [1.165, 1.54) is 12.7 Å². The Kier molecular flexibility index (Phi) is 7.54. The van der Waals surface area contributed by atoms with Gasteiger partial charge in [-0.1, -0.05) is 25.7 Å². The van der Waals surface area contributed by atoms with Crippen molar-refractivity contribution in [2.24, 2.45) is 0 Å². The normalized spacial score (nSPS) is 28.3. The number of carbonyl (C=O) groups is 2. The molecule has 4 fully saturated rings. The minimum Gasteiger partial charge on any atom is -0.447 e. The van der Waals surface area contributed by atoms with Crippen molar-refractivity contribution in [3.63, 3.8) is 0 Å². The SMILES string of the molecule is CCNC(=O)OC[C@H]1O[C@@H](n2cnc3c(NC(=O)NC4CCCCC4)ncnc32)[C@H]2OC3(CCCCC3)OC12. The van der Waals surface area contributed by atoms with Crippen LogP contribution in [-0.4, -0.2) is 74.9 Å². The fourth-order valence-corrected chi connectivity index (χ4v) is 6.24. The third-order valence-electron chi connectivity index (χ3n) is 8.11. The average Bonchev–Trinajstić information content (AvgIpc) is 3.61. The van der Waals surface area contributed by atoms with Gasteiger partial charge in [0.2, 0.25) is 0 Å². The summed E-state index contributed by atoms with van der Waals surface area (Å²) in [6.07, 6.45) is 10.8. The summed E-state index contributed by atoms with van der Waals surface area (Å²) in [6, 6.07) is -0.134. The molecule has 2 saturated carbocycles. The summed E-state index contributed by atoms with van der Waals surface area (Å²) < 4.78 is 26.7. The Balaban J connectivity index is 1.22. The lowest BCUT2D eigenvalue weighted by molar-refractivity contribution is -0.232. The van der Waals surface area contributed by atoms with Gasteiger partial charge in [-0.15, -0.1) is 0 Å². The number of carbonyl (C=O) groups excluding carboxylic acids is 2. The predicted octanol–water partition coefficient (Wildman–Crippen LogP) is 3.37. The Hall–Kier alpha value is -3.03. The van der Waals surface area contributed by atoms with Crippen molar-refractivity contribution in [1.82, 2.24) is 30.2 Å². The molecule has 3 N–H and O–H groups in total. The Morgan fingerprint density at radius 1 is 1.05 bits per heavy atom. The fourth-order valence-electron chi connectivity index (χ4n) is 6.24. The van der Waals surface area contributed by atoms with E-state index in [2.05, 4.69) is 30.9 Å². The molecule has 39 heavy (non-hydrogen) atoms. The van der Waals surface area contributed by atoms with Crippen LogP contribution in [0.25, 0.3) is 11.2 Å². The van der Waals surface area contributed by atoms with Crippen molar-refractivity contribution in [2.75, 3.05) is 18.5 Å². The average molecular weight is 544 g/mol. The summed E-state index contributed by atoms with van der Waals surface area (Å²) in [5.74, 6) is -0.334. The molecule has 1 unspecified atom stereocenters. The first-order valence-corrected chi connectivity index (χ1v) is 14.2. The van der Waals surface area contributed by atoms with Crippen molar-refractivity contribution < 1.29 is 28.5 Å². The summed E-state index contributed by atoms with van der Waals surface area (Å²) in [7, 11) is 0. The number of fused-ring (bicyclic) bond motifs is 2. The molecular formula is C26H37N7O6. The van der Waals surface area contributed by atoms with Crippen LogP contribution in [0, 0.1) is 0 Å². The lowest BCUT2D eigenvalue weighted by Gasteiger charge is -2.34. The van der Waals surface area contributed by atoms with E-state index in [9.17, 15) is 9.59 Å². The number of nitrogens with one attached hydrogen (secondary N) is 3. The second-order valence-corrected chi connectivity index (χ2v) is 10.8. The largest absolute Gasteiger partial charge is 0.447 e. The minimum absolute atomic E-state index is 0.0265. The van der Waals surface area contributed by atoms with E-state index < -0.39 is 36.4 Å². The molecule has 13 nitrogen and oxygen atoms in total. The Bertz CT molecular complexity index is 1180. The van der Waals surface area contributed by atoms with Crippen molar-refractivity contribution >= 4 is 29.1 Å². The number of imidazole rings is 1. The zero-order chi connectivity index (χ0) is 26.8. The molecule has 13 heteroatoms. The zero-order valence-electron chi connectivity index (χ0n) is 22.3. The third-order valence-corrected chi connectivity index (χ3v) is 8.11. The van der Waals surface area contributed by atoms with Gasteiger partial charge in [0.05, 0.1) is 6.33 Å². The van der Waals surface area contributed by atoms with E-state index in [0.29, 0.717) is 23.5 Å². The van der Waals surface area contributed by atoms with Crippen LogP contribution in [0.5, 0.6) is 0 Å². The Labute approximate surface area is 226 Å². The number of amides is 3. The van der Waals surface area contributed by atoms with Crippen LogP contribution >= 0.6 is 0 Å². The van der Waals surface area contributed by atoms with E-state index in [1.54, 1.807) is 10.9 Å². The lowest BCUT2D eigenvalue weighted by Crippen LogP contribution is -2.39. The molecule has 3 amide bonds. The Morgan fingerprint density at radius 2 is 1.82 bits per heavy atom. The van der Waals surface area contributed by atoms with E-state index in [0.717, 1.165) is 57.8 Å². The molecule has 4 atom stereocenters. The van der Waals surface area contributed by atoms with E-state index >= 15 is 0 Å². The van der Waals surface area contributed by atoms with Gasteiger partial charge >= 0.3 is 12.1 Å². The number of urea groups is 1. The lowest BCUT2D eigenvalue weighted by atomic mass is 9.94. The first-order chi connectivity index (χ1) is 19.0. The molecule has 212 valence electrons. The molecule has 2 aromatic rings. The summed E-state index contributed by atoms with van der Waals surface area (Å²) in [6.45, 7) is 2.32. The van der Waals surface area contributed by atoms with Gasteiger partial charge in [0.15, 0.2) is 29.0 Å². The maximum absolute atomic E-state index is 12.7. The molecule has 2 aliphatic carbocycles. The standard InChI is InChI=1S/C26H37N7O6/c1-2-27-25(35)36-13-17-19-20(39-26(38-19)11-7-4-8-12-26)23(37-17)33-15-30-18-21(28-14-29-22(18)33)32-24(34)31-16-9-5-3-6-10-16/h14-17,19-20,23H,2-13H2,1H3,(H,27,35)(H2,28,29,31,32,34)/t17-,19?,20+,23-/m1/s1. The monoisotopic (exact) mass is 543 g/mol. The zero-order valence-corrected chi connectivity index (χ0v) is 22.3.